The van der Waals surface area contributed by atoms with E-state index < -0.39 is 0 Å². The van der Waals surface area contributed by atoms with Crippen molar-refractivity contribution < 1.29 is 14.7 Å². The van der Waals surface area contributed by atoms with Crippen LogP contribution in [0, 0.1) is 6.92 Å². The molecule has 0 spiro atoms. The number of aliphatic hydroxyl groups is 1. The lowest BCUT2D eigenvalue weighted by molar-refractivity contribution is 0.0731. The number of carbonyl (C=O) groups excluding carboxylic acids is 2. The third-order valence-corrected chi connectivity index (χ3v) is 5.94. The van der Waals surface area contributed by atoms with Crippen LogP contribution in [-0.2, 0) is 6.54 Å². The molecular formula is C28H30N2O3. The van der Waals surface area contributed by atoms with E-state index in [0.29, 0.717) is 36.7 Å². The van der Waals surface area contributed by atoms with Crippen molar-refractivity contribution in [1.29, 1.82) is 0 Å². The van der Waals surface area contributed by atoms with Gasteiger partial charge < -0.3 is 15.3 Å². The summed E-state index contributed by atoms with van der Waals surface area (Å²) in [5, 5.41) is 12.3. The minimum atomic E-state index is -0.0619. The molecule has 1 aliphatic carbocycles. The SMILES string of the molecule is Cc1ccc(C(=O)NC2CC2)cc1-c1ccc(C(=O)N(CCCO)Cc2ccccc2)cc1. The van der Waals surface area contributed by atoms with Gasteiger partial charge in [-0.25, -0.2) is 0 Å². The molecule has 33 heavy (non-hydrogen) atoms. The Bertz CT molecular complexity index is 1110. The molecule has 0 saturated heterocycles. The van der Waals surface area contributed by atoms with Crippen molar-refractivity contribution in [3.05, 3.63) is 95.1 Å². The number of aliphatic hydroxyl groups excluding tert-OH is 1. The molecule has 1 fully saturated rings. The van der Waals surface area contributed by atoms with Crippen LogP contribution < -0.4 is 5.32 Å². The second kappa shape index (κ2) is 10.5. The Kier molecular flexibility index (Phi) is 7.20. The van der Waals surface area contributed by atoms with Crippen molar-refractivity contribution in [2.45, 2.75) is 38.8 Å². The van der Waals surface area contributed by atoms with Gasteiger partial charge >= 0.3 is 0 Å². The highest BCUT2D eigenvalue weighted by Gasteiger charge is 2.24. The van der Waals surface area contributed by atoms with Gasteiger partial charge in [0.15, 0.2) is 0 Å². The summed E-state index contributed by atoms with van der Waals surface area (Å²) >= 11 is 0. The summed E-state index contributed by atoms with van der Waals surface area (Å²) in [4.78, 5) is 27.5. The minimum Gasteiger partial charge on any atom is -0.396 e. The van der Waals surface area contributed by atoms with Gasteiger partial charge in [-0.1, -0.05) is 48.5 Å². The summed E-state index contributed by atoms with van der Waals surface area (Å²) in [6.07, 6.45) is 2.64. The van der Waals surface area contributed by atoms with E-state index in [2.05, 4.69) is 5.32 Å². The standard InChI is InChI=1S/C28H30N2O3/c1-20-8-9-24(27(32)29-25-14-15-25)18-26(20)22-10-12-23(13-11-22)28(33)30(16-5-17-31)19-21-6-3-2-4-7-21/h2-4,6-13,18,25,31H,5,14-17,19H2,1H3,(H,29,32). The third kappa shape index (κ3) is 5.88. The number of benzene rings is 3. The predicted octanol–water partition coefficient (Wildman–Crippen LogP) is 4.58. The van der Waals surface area contributed by atoms with Gasteiger partial charge in [-0.05, 0) is 72.7 Å². The van der Waals surface area contributed by atoms with Crippen LogP contribution in [0.5, 0.6) is 0 Å². The predicted molar refractivity (Wildman–Crippen MR) is 130 cm³/mol. The van der Waals surface area contributed by atoms with Gasteiger partial charge in [0.25, 0.3) is 11.8 Å². The van der Waals surface area contributed by atoms with E-state index in [1.54, 1.807) is 4.90 Å². The quantitative estimate of drug-likeness (QED) is 0.510. The highest BCUT2D eigenvalue weighted by atomic mass is 16.3. The van der Waals surface area contributed by atoms with Crippen molar-refractivity contribution in [2.24, 2.45) is 0 Å². The molecule has 0 unspecified atom stereocenters. The van der Waals surface area contributed by atoms with Crippen LogP contribution in [0.15, 0.2) is 72.8 Å². The second-order valence-electron chi connectivity index (χ2n) is 8.64. The van der Waals surface area contributed by atoms with Gasteiger partial charge in [-0.2, -0.15) is 0 Å². The summed E-state index contributed by atoms with van der Waals surface area (Å²) in [5.41, 5.74) is 5.34. The van der Waals surface area contributed by atoms with Crippen LogP contribution >= 0.6 is 0 Å². The fourth-order valence-corrected chi connectivity index (χ4v) is 3.86. The third-order valence-electron chi connectivity index (χ3n) is 5.94. The fourth-order valence-electron chi connectivity index (χ4n) is 3.86. The molecular weight excluding hydrogens is 412 g/mol. The van der Waals surface area contributed by atoms with Gasteiger partial charge in [0.1, 0.15) is 0 Å². The average Bonchev–Trinajstić information content (AvgIpc) is 3.66. The fraction of sp³-hybridized carbons (Fsp3) is 0.286. The maximum atomic E-state index is 13.2. The van der Waals surface area contributed by atoms with Crippen LogP contribution in [0.4, 0.5) is 0 Å². The van der Waals surface area contributed by atoms with Crippen molar-refractivity contribution in [3.63, 3.8) is 0 Å². The van der Waals surface area contributed by atoms with Crippen LogP contribution in [0.1, 0.15) is 51.1 Å². The zero-order valence-corrected chi connectivity index (χ0v) is 19.0. The number of hydrogen-bond acceptors (Lipinski definition) is 3. The zero-order chi connectivity index (χ0) is 23.2. The zero-order valence-electron chi connectivity index (χ0n) is 19.0. The summed E-state index contributed by atoms with van der Waals surface area (Å²) in [6, 6.07) is 23.5. The number of nitrogens with zero attached hydrogens (tertiary/aromatic N) is 1. The lowest BCUT2D eigenvalue weighted by atomic mass is 9.96. The Hall–Kier alpha value is -3.44. The number of carbonyl (C=O) groups is 2. The van der Waals surface area contributed by atoms with Crippen LogP contribution in [0.2, 0.25) is 0 Å². The van der Waals surface area contributed by atoms with Crippen LogP contribution in [0.25, 0.3) is 11.1 Å². The molecule has 170 valence electrons. The Morgan fingerprint density at radius 2 is 1.67 bits per heavy atom. The molecule has 0 radical (unpaired) electrons. The molecule has 2 N–H and O–H groups in total. The van der Waals surface area contributed by atoms with Crippen molar-refractivity contribution >= 4 is 11.8 Å². The van der Waals surface area contributed by atoms with Gasteiger partial charge in [0, 0.05) is 36.9 Å². The number of nitrogens with one attached hydrogen (secondary N) is 1. The molecule has 0 bridgehead atoms. The molecule has 4 rings (SSSR count). The van der Waals surface area contributed by atoms with Crippen LogP contribution in [-0.4, -0.2) is 41.0 Å². The van der Waals surface area contributed by atoms with E-state index in [1.165, 1.54) is 0 Å². The van der Waals surface area contributed by atoms with E-state index in [0.717, 1.165) is 35.1 Å². The molecule has 5 nitrogen and oxygen atoms in total. The van der Waals surface area contributed by atoms with Crippen molar-refractivity contribution in [1.82, 2.24) is 10.2 Å². The first-order valence-electron chi connectivity index (χ1n) is 11.5. The Balaban J connectivity index is 1.52. The Labute approximate surface area is 195 Å². The number of amides is 2. The normalized spacial score (nSPS) is 12.9. The average molecular weight is 443 g/mol. The summed E-state index contributed by atoms with van der Waals surface area (Å²) < 4.78 is 0. The molecule has 1 saturated carbocycles. The Morgan fingerprint density at radius 1 is 0.970 bits per heavy atom. The summed E-state index contributed by atoms with van der Waals surface area (Å²) in [5.74, 6) is -0.0980. The largest absolute Gasteiger partial charge is 0.396 e. The smallest absolute Gasteiger partial charge is 0.254 e. The number of rotatable bonds is 9. The number of hydrogen-bond donors (Lipinski definition) is 2. The van der Waals surface area contributed by atoms with Gasteiger partial charge in [-0.15, -0.1) is 0 Å². The first kappa shape index (κ1) is 22.7. The molecule has 3 aromatic carbocycles. The van der Waals surface area contributed by atoms with E-state index in [4.69, 9.17) is 0 Å². The van der Waals surface area contributed by atoms with E-state index in [1.807, 2.05) is 79.7 Å². The topological polar surface area (TPSA) is 69.6 Å². The highest BCUT2D eigenvalue weighted by molar-refractivity contribution is 5.97. The van der Waals surface area contributed by atoms with E-state index in [-0.39, 0.29) is 18.4 Å². The van der Waals surface area contributed by atoms with Gasteiger partial charge in [0.05, 0.1) is 0 Å². The molecule has 0 aliphatic heterocycles. The molecule has 5 heteroatoms. The summed E-state index contributed by atoms with van der Waals surface area (Å²) in [7, 11) is 0. The molecule has 0 aromatic heterocycles. The van der Waals surface area contributed by atoms with Gasteiger partial charge in [0.2, 0.25) is 0 Å². The molecule has 1 aliphatic rings. The number of aryl methyl sites for hydroxylation is 1. The van der Waals surface area contributed by atoms with E-state index in [9.17, 15) is 14.7 Å². The molecule has 3 aromatic rings. The lowest BCUT2D eigenvalue weighted by Crippen LogP contribution is -2.32. The van der Waals surface area contributed by atoms with Gasteiger partial charge in [-0.3, -0.25) is 9.59 Å². The van der Waals surface area contributed by atoms with Crippen molar-refractivity contribution in [3.8, 4) is 11.1 Å². The highest BCUT2D eigenvalue weighted by Crippen LogP contribution is 2.26. The minimum absolute atomic E-state index is 0.0361. The van der Waals surface area contributed by atoms with Crippen molar-refractivity contribution in [2.75, 3.05) is 13.2 Å². The lowest BCUT2D eigenvalue weighted by Gasteiger charge is -2.23. The molecule has 0 atom stereocenters. The first-order chi connectivity index (χ1) is 16.0. The maximum absolute atomic E-state index is 13.2. The van der Waals surface area contributed by atoms with E-state index >= 15 is 0 Å². The molecule has 0 heterocycles. The molecule has 2 amide bonds. The van der Waals surface area contributed by atoms with Crippen LogP contribution in [0.3, 0.4) is 0 Å². The summed E-state index contributed by atoms with van der Waals surface area (Å²) in [6.45, 7) is 3.05. The maximum Gasteiger partial charge on any atom is 0.254 e. The second-order valence-corrected chi connectivity index (χ2v) is 8.64. The Morgan fingerprint density at radius 3 is 2.33 bits per heavy atom. The first-order valence-corrected chi connectivity index (χ1v) is 11.5. The monoisotopic (exact) mass is 442 g/mol.